The van der Waals surface area contributed by atoms with Gasteiger partial charge < -0.3 is 4.74 Å². The average molecular weight is 157 g/mol. The van der Waals surface area contributed by atoms with Crippen LogP contribution in [0.5, 0.6) is 5.75 Å². The molecule has 11 heavy (non-hydrogen) atoms. The van der Waals surface area contributed by atoms with E-state index in [1.54, 1.807) is 6.92 Å². The lowest BCUT2D eigenvalue weighted by Crippen LogP contribution is -1.96. The van der Waals surface area contributed by atoms with Crippen molar-refractivity contribution in [3.05, 3.63) is 29.8 Å². The van der Waals surface area contributed by atoms with Crippen LogP contribution in [-0.2, 0) is 0 Å². The molecule has 0 spiro atoms. The van der Waals surface area contributed by atoms with E-state index in [9.17, 15) is 8.78 Å². The minimum atomic E-state index is -0.977. The number of benzene rings is 1. The van der Waals surface area contributed by atoms with Crippen LogP contribution in [0.25, 0.3) is 0 Å². The highest BCUT2D eigenvalue weighted by Gasteiger charge is 2.07. The molecule has 0 heterocycles. The Morgan fingerprint density at radius 2 is 2.27 bits per heavy atom. The summed E-state index contributed by atoms with van der Waals surface area (Å²) in [6, 6.07) is 4.72. The molecule has 59 valence electrons. The van der Waals surface area contributed by atoms with Crippen LogP contribution < -0.4 is 4.74 Å². The maximum atomic E-state index is 12.7. The van der Waals surface area contributed by atoms with Crippen LogP contribution in [0.4, 0.5) is 8.78 Å². The van der Waals surface area contributed by atoms with Crippen LogP contribution in [0.15, 0.2) is 12.1 Å². The van der Waals surface area contributed by atoms with Crippen molar-refractivity contribution < 1.29 is 13.5 Å². The van der Waals surface area contributed by atoms with E-state index >= 15 is 0 Å². The van der Waals surface area contributed by atoms with Crippen LogP contribution in [-0.4, -0.2) is 6.61 Å². The Hall–Kier alpha value is -1.12. The van der Waals surface area contributed by atoms with E-state index < -0.39 is 11.6 Å². The molecule has 1 rings (SSSR count). The molecule has 0 amide bonds. The van der Waals surface area contributed by atoms with Gasteiger partial charge in [-0.1, -0.05) is 0 Å². The summed E-state index contributed by atoms with van der Waals surface area (Å²) in [6.07, 6.45) is 0. The largest absolute Gasteiger partial charge is 0.490 e. The first-order valence-corrected chi connectivity index (χ1v) is 3.24. The minimum Gasteiger partial charge on any atom is -0.490 e. The van der Waals surface area contributed by atoms with Crippen molar-refractivity contribution in [2.75, 3.05) is 6.61 Å². The Balaban J connectivity index is 2.96. The van der Waals surface area contributed by atoms with Gasteiger partial charge >= 0.3 is 0 Å². The van der Waals surface area contributed by atoms with Gasteiger partial charge in [0.2, 0.25) is 5.82 Å². The van der Waals surface area contributed by atoms with Crippen molar-refractivity contribution in [1.82, 2.24) is 0 Å². The molecule has 1 aromatic carbocycles. The molecule has 0 bridgehead atoms. The molecule has 0 unspecified atom stereocenters. The smallest absolute Gasteiger partial charge is 0.201 e. The predicted octanol–water partition coefficient (Wildman–Crippen LogP) is 2.16. The van der Waals surface area contributed by atoms with Crippen LogP contribution >= 0.6 is 0 Å². The third-order valence-electron chi connectivity index (χ3n) is 1.14. The van der Waals surface area contributed by atoms with Gasteiger partial charge in [0.05, 0.1) is 6.61 Å². The SMILES string of the molecule is CCOc1[c]ccc(F)c1F. The Labute approximate surface area is 63.6 Å². The first kappa shape index (κ1) is 7.98. The van der Waals surface area contributed by atoms with E-state index in [4.69, 9.17) is 4.74 Å². The van der Waals surface area contributed by atoms with Crippen molar-refractivity contribution >= 4 is 0 Å². The highest BCUT2D eigenvalue weighted by Crippen LogP contribution is 2.17. The van der Waals surface area contributed by atoms with Crippen LogP contribution in [0, 0.1) is 17.7 Å². The number of rotatable bonds is 2. The molecule has 0 aromatic heterocycles. The lowest BCUT2D eigenvalue weighted by molar-refractivity contribution is 0.313. The second-order valence-corrected chi connectivity index (χ2v) is 1.90. The molecule has 0 N–H and O–H groups in total. The molecule has 1 aromatic rings. The van der Waals surface area contributed by atoms with Crippen molar-refractivity contribution in [3.8, 4) is 5.75 Å². The summed E-state index contributed by atoms with van der Waals surface area (Å²) in [7, 11) is 0. The zero-order chi connectivity index (χ0) is 8.27. The molecule has 0 aliphatic rings. The number of hydrogen-bond donors (Lipinski definition) is 0. The fourth-order valence-electron chi connectivity index (χ4n) is 0.685. The third-order valence-corrected chi connectivity index (χ3v) is 1.14. The molecule has 0 atom stereocenters. The molecule has 0 fully saturated rings. The van der Waals surface area contributed by atoms with Gasteiger partial charge in [0.25, 0.3) is 0 Å². The fourth-order valence-corrected chi connectivity index (χ4v) is 0.685. The lowest BCUT2D eigenvalue weighted by Gasteiger charge is -2.02. The minimum absolute atomic E-state index is 0.160. The van der Waals surface area contributed by atoms with Gasteiger partial charge in [-0.05, 0) is 19.1 Å². The maximum Gasteiger partial charge on any atom is 0.201 e. The third kappa shape index (κ3) is 1.67. The first-order valence-electron chi connectivity index (χ1n) is 3.24. The summed E-state index contributed by atoms with van der Waals surface area (Å²) in [4.78, 5) is 0. The highest BCUT2D eigenvalue weighted by molar-refractivity contribution is 5.23. The average Bonchev–Trinajstić information content (AvgIpc) is 1.99. The summed E-state index contributed by atoms with van der Waals surface area (Å²) in [5, 5.41) is 0. The Bertz CT molecular complexity index is 248. The summed E-state index contributed by atoms with van der Waals surface area (Å²) >= 11 is 0. The van der Waals surface area contributed by atoms with Gasteiger partial charge in [-0.15, -0.1) is 0 Å². The molecule has 1 nitrogen and oxygen atoms in total. The van der Waals surface area contributed by atoms with Gasteiger partial charge in [0, 0.05) is 6.07 Å². The van der Waals surface area contributed by atoms with Crippen molar-refractivity contribution in [2.24, 2.45) is 0 Å². The van der Waals surface area contributed by atoms with E-state index in [0.717, 1.165) is 6.07 Å². The van der Waals surface area contributed by atoms with Crippen molar-refractivity contribution in [2.45, 2.75) is 6.92 Å². The van der Waals surface area contributed by atoms with Crippen LogP contribution in [0.1, 0.15) is 6.92 Å². The summed E-state index contributed by atoms with van der Waals surface area (Å²) in [5.41, 5.74) is 0. The van der Waals surface area contributed by atoms with E-state index in [2.05, 4.69) is 6.07 Å². The van der Waals surface area contributed by atoms with Crippen LogP contribution in [0.2, 0.25) is 0 Å². The first-order chi connectivity index (χ1) is 5.25. The van der Waals surface area contributed by atoms with E-state index in [-0.39, 0.29) is 5.75 Å². The zero-order valence-corrected chi connectivity index (χ0v) is 6.03. The summed E-state index contributed by atoms with van der Waals surface area (Å²) in [5.74, 6) is -2.05. The molecule has 0 saturated heterocycles. The number of hydrogen-bond acceptors (Lipinski definition) is 1. The quantitative estimate of drug-likeness (QED) is 0.639. The van der Waals surface area contributed by atoms with Gasteiger partial charge in [-0.2, -0.15) is 4.39 Å². The fraction of sp³-hybridized carbons (Fsp3) is 0.250. The van der Waals surface area contributed by atoms with Crippen molar-refractivity contribution in [1.29, 1.82) is 0 Å². The standard InChI is InChI=1S/C8H7F2O/c1-2-11-7-5-3-4-6(9)8(7)10/h3-4H,2H2,1H3. The molecule has 3 heteroatoms. The van der Waals surface area contributed by atoms with Gasteiger partial charge in [-0.3, -0.25) is 0 Å². The second kappa shape index (κ2) is 3.32. The Morgan fingerprint density at radius 1 is 1.55 bits per heavy atom. The number of halogens is 2. The van der Waals surface area contributed by atoms with E-state index in [0.29, 0.717) is 6.61 Å². The lowest BCUT2D eigenvalue weighted by atomic mass is 10.3. The second-order valence-electron chi connectivity index (χ2n) is 1.90. The molecular weight excluding hydrogens is 150 g/mol. The van der Waals surface area contributed by atoms with Crippen LogP contribution in [0.3, 0.4) is 0 Å². The zero-order valence-electron chi connectivity index (χ0n) is 6.03. The molecule has 1 radical (unpaired) electrons. The molecule has 0 aliphatic heterocycles. The topological polar surface area (TPSA) is 9.23 Å². The normalized spacial score (nSPS) is 9.73. The monoisotopic (exact) mass is 157 g/mol. The summed E-state index contributed by atoms with van der Waals surface area (Å²) < 4.78 is 29.8. The van der Waals surface area contributed by atoms with Gasteiger partial charge in [-0.25, -0.2) is 4.39 Å². The van der Waals surface area contributed by atoms with Gasteiger partial charge in [0.1, 0.15) is 0 Å². The van der Waals surface area contributed by atoms with Gasteiger partial charge in [0.15, 0.2) is 11.6 Å². The highest BCUT2D eigenvalue weighted by atomic mass is 19.2. The Kier molecular flexibility index (Phi) is 2.41. The molecule has 0 saturated carbocycles. The summed E-state index contributed by atoms with van der Waals surface area (Å²) in [6.45, 7) is 2.00. The van der Waals surface area contributed by atoms with E-state index in [1.807, 2.05) is 0 Å². The Morgan fingerprint density at radius 3 is 2.91 bits per heavy atom. The molecular formula is C8H7F2O. The van der Waals surface area contributed by atoms with E-state index in [1.165, 1.54) is 6.07 Å². The maximum absolute atomic E-state index is 12.7. The van der Waals surface area contributed by atoms with Crippen molar-refractivity contribution in [3.63, 3.8) is 0 Å². The predicted molar refractivity (Wildman–Crippen MR) is 36.4 cm³/mol. The molecule has 0 aliphatic carbocycles. The number of ether oxygens (including phenoxy) is 1.